The van der Waals surface area contributed by atoms with E-state index in [-0.39, 0.29) is 24.1 Å². The van der Waals surface area contributed by atoms with Crippen molar-refractivity contribution >= 4 is 39.7 Å². The van der Waals surface area contributed by atoms with E-state index in [2.05, 4.69) is 20.0 Å². The fourth-order valence-electron chi connectivity index (χ4n) is 4.49. The smallest absolute Gasteiger partial charge is 0.387 e. The number of fused-ring (bicyclic) bond motifs is 1. The Bertz CT molecular complexity index is 1560. The number of ether oxygens (including phenoxy) is 2. The van der Waals surface area contributed by atoms with Crippen LogP contribution < -0.4 is 25.4 Å². The summed E-state index contributed by atoms with van der Waals surface area (Å²) in [5.74, 6) is 1.76. The predicted octanol–water partition coefficient (Wildman–Crippen LogP) is 5.70. The van der Waals surface area contributed by atoms with Crippen molar-refractivity contribution in [2.45, 2.75) is 32.9 Å². The van der Waals surface area contributed by atoms with E-state index in [0.29, 0.717) is 28.6 Å². The van der Waals surface area contributed by atoms with Crippen molar-refractivity contribution in [3.8, 4) is 11.5 Å². The first kappa shape index (κ1) is 29.3. The molecule has 0 radical (unpaired) electrons. The minimum atomic E-state index is -2.95. The third-order valence-electron chi connectivity index (χ3n) is 6.70. The first-order chi connectivity index (χ1) is 19.4. The number of nitrogen functional groups attached to an aromatic ring is 1. The number of alkyl halides is 2. The van der Waals surface area contributed by atoms with Crippen LogP contribution in [0.4, 0.5) is 31.7 Å². The molecule has 0 aliphatic carbocycles. The van der Waals surface area contributed by atoms with Gasteiger partial charge in [-0.2, -0.15) is 8.78 Å². The van der Waals surface area contributed by atoms with E-state index >= 15 is 0 Å². The maximum absolute atomic E-state index is 12.8. The average Bonchev–Trinajstić information content (AvgIpc) is 2.91. The van der Waals surface area contributed by atoms with Crippen LogP contribution in [-0.4, -0.2) is 55.6 Å². The molecule has 0 saturated carbocycles. The Balaban J connectivity index is 1.68. The van der Waals surface area contributed by atoms with Gasteiger partial charge in [-0.25, -0.2) is 9.97 Å². The van der Waals surface area contributed by atoms with E-state index < -0.39 is 6.61 Å². The second-order valence-corrected chi connectivity index (χ2v) is 9.92. The second-order valence-electron chi connectivity index (χ2n) is 9.92. The molecule has 0 bridgehead atoms. The number of halogens is 2. The number of likely N-dealkylation sites (N-methyl/N-ethyl adjacent to an activating group) is 1. The number of aromatic nitrogens is 2. The lowest BCUT2D eigenvalue weighted by Gasteiger charge is -2.23. The fraction of sp³-hybridized carbons (Fsp3) is 0.300. The topological polar surface area (TPSA) is 106 Å². The van der Waals surface area contributed by atoms with Crippen LogP contribution in [0.1, 0.15) is 29.9 Å². The molecule has 0 fully saturated rings. The van der Waals surface area contributed by atoms with Gasteiger partial charge in [0, 0.05) is 55.2 Å². The highest BCUT2D eigenvalue weighted by atomic mass is 19.3. The number of rotatable bonds is 10. The number of benzene rings is 3. The standard InChI is InChI=1S/C30H34F2N6O3/c1-17(19-11-21(33)15-24(13-19)41-30(31)32)34-29-25-16-23(7-9-26(25)35-18(2)36-29)38(5)22-8-10-27(40-6)20(12-22)14-28(39)37(3)4/h7-13,15-17,30H,14,33H2,1-6H3,(H,34,35,36)/t17-/m1/s1. The lowest BCUT2D eigenvalue weighted by Crippen LogP contribution is -2.23. The number of amides is 1. The van der Waals surface area contributed by atoms with Crippen LogP contribution in [0.5, 0.6) is 11.5 Å². The van der Waals surface area contributed by atoms with E-state index in [1.165, 1.54) is 12.1 Å². The second kappa shape index (κ2) is 12.2. The van der Waals surface area contributed by atoms with Crippen molar-refractivity contribution in [1.29, 1.82) is 0 Å². The molecule has 1 heterocycles. The Labute approximate surface area is 237 Å². The van der Waals surface area contributed by atoms with Crippen LogP contribution in [-0.2, 0) is 11.2 Å². The summed E-state index contributed by atoms with van der Waals surface area (Å²) in [6, 6.07) is 15.8. The number of hydrogen-bond donors (Lipinski definition) is 2. The van der Waals surface area contributed by atoms with Crippen LogP contribution in [0, 0.1) is 6.92 Å². The highest BCUT2D eigenvalue weighted by Crippen LogP contribution is 2.34. The SMILES string of the molecule is COc1ccc(N(C)c2ccc3nc(C)nc(N[C@H](C)c4cc(N)cc(OC(F)F)c4)c3c2)cc1CC(=O)N(C)C. The average molecular weight is 565 g/mol. The number of nitrogens with two attached hydrogens (primary N) is 1. The highest BCUT2D eigenvalue weighted by molar-refractivity contribution is 5.92. The van der Waals surface area contributed by atoms with Gasteiger partial charge in [-0.15, -0.1) is 0 Å². The number of carbonyl (C=O) groups excluding carboxylic acids is 1. The molecule has 11 heteroatoms. The largest absolute Gasteiger partial charge is 0.496 e. The molecule has 9 nitrogen and oxygen atoms in total. The van der Waals surface area contributed by atoms with Gasteiger partial charge in [0.1, 0.15) is 23.1 Å². The van der Waals surface area contributed by atoms with Crippen molar-refractivity contribution in [3.05, 3.63) is 71.5 Å². The molecule has 1 amide bonds. The van der Waals surface area contributed by atoms with Crippen LogP contribution in [0.25, 0.3) is 10.9 Å². The zero-order valence-corrected chi connectivity index (χ0v) is 23.9. The molecule has 4 aromatic rings. The summed E-state index contributed by atoms with van der Waals surface area (Å²) in [6.07, 6.45) is 0.211. The summed E-state index contributed by atoms with van der Waals surface area (Å²) in [4.78, 5) is 25.2. The maximum Gasteiger partial charge on any atom is 0.387 e. The number of nitrogens with zero attached hydrogens (tertiary/aromatic N) is 4. The van der Waals surface area contributed by atoms with Crippen LogP contribution in [0.15, 0.2) is 54.6 Å². The lowest BCUT2D eigenvalue weighted by atomic mass is 10.1. The summed E-state index contributed by atoms with van der Waals surface area (Å²) in [6.45, 7) is 0.735. The van der Waals surface area contributed by atoms with Crippen molar-refractivity contribution in [1.82, 2.24) is 14.9 Å². The minimum Gasteiger partial charge on any atom is -0.496 e. The third-order valence-corrected chi connectivity index (χ3v) is 6.70. The van der Waals surface area contributed by atoms with Crippen LogP contribution >= 0.6 is 0 Å². The number of carbonyl (C=O) groups is 1. The number of anilines is 4. The molecule has 4 rings (SSSR count). The number of aryl methyl sites for hydroxylation is 1. The molecule has 0 unspecified atom stereocenters. The van der Waals surface area contributed by atoms with Crippen molar-refractivity contribution in [2.75, 3.05) is 44.2 Å². The molecular formula is C30H34F2N6O3. The number of methoxy groups -OCH3 is 1. The zero-order chi connectivity index (χ0) is 29.8. The van der Waals surface area contributed by atoms with Gasteiger partial charge in [0.15, 0.2) is 0 Å². The summed E-state index contributed by atoms with van der Waals surface area (Å²) in [5.41, 5.74) is 10.2. The summed E-state index contributed by atoms with van der Waals surface area (Å²) in [5, 5.41) is 4.16. The molecule has 0 aliphatic heterocycles. The van der Waals surface area contributed by atoms with E-state index in [1.54, 1.807) is 39.1 Å². The van der Waals surface area contributed by atoms with E-state index in [9.17, 15) is 13.6 Å². The Morgan fingerprint density at radius 2 is 1.73 bits per heavy atom. The minimum absolute atomic E-state index is 0.0116. The van der Waals surface area contributed by atoms with Gasteiger partial charge >= 0.3 is 6.61 Å². The van der Waals surface area contributed by atoms with E-state index in [1.807, 2.05) is 55.3 Å². The molecule has 1 atom stereocenters. The van der Waals surface area contributed by atoms with Gasteiger partial charge in [0.25, 0.3) is 0 Å². The molecular weight excluding hydrogens is 530 g/mol. The highest BCUT2D eigenvalue weighted by Gasteiger charge is 2.17. The van der Waals surface area contributed by atoms with Gasteiger partial charge in [0.05, 0.1) is 25.1 Å². The summed E-state index contributed by atoms with van der Waals surface area (Å²) in [7, 11) is 6.96. The molecule has 3 aromatic carbocycles. The Kier molecular flexibility index (Phi) is 8.75. The normalized spacial score (nSPS) is 11.8. The van der Waals surface area contributed by atoms with Crippen LogP contribution in [0.3, 0.4) is 0 Å². The van der Waals surface area contributed by atoms with E-state index in [4.69, 9.17) is 10.5 Å². The first-order valence-electron chi connectivity index (χ1n) is 13.0. The molecule has 0 aliphatic rings. The predicted molar refractivity (Wildman–Crippen MR) is 157 cm³/mol. The monoisotopic (exact) mass is 564 g/mol. The fourth-order valence-corrected chi connectivity index (χ4v) is 4.49. The van der Waals surface area contributed by atoms with Gasteiger partial charge in [-0.05, 0) is 67.9 Å². The number of nitrogens with one attached hydrogen (secondary N) is 1. The van der Waals surface area contributed by atoms with Gasteiger partial charge in [-0.3, -0.25) is 4.79 Å². The third kappa shape index (κ3) is 6.92. The molecule has 1 aromatic heterocycles. The molecule has 41 heavy (non-hydrogen) atoms. The van der Waals surface area contributed by atoms with Crippen molar-refractivity contribution < 1.29 is 23.0 Å². The Morgan fingerprint density at radius 3 is 2.41 bits per heavy atom. The number of hydrogen-bond acceptors (Lipinski definition) is 8. The van der Waals surface area contributed by atoms with Crippen LogP contribution in [0.2, 0.25) is 0 Å². The quantitative estimate of drug-likeness (QED) is 0.236. The van der Waals surface area contributed by atoms with E-state index in [0.717, 1.165) is 27.8 Å². The van der Waals surface area contributed by atoms with Gasteiger partial charge in [-0.1, -0.05) is 0 Å². The summed E-state index contributed by atoms with van der Waals surface area (Å²) >= 11 is 0. The zero-order valence-electron chi connectivity index (χ0n) is 23.9. The van der Waals surface area contributed by atoms with Crippen molar-refractivity contribution in [3.63, 3.8) is 0 Å². The molecule has 0 spiro atoms. The van der Waals surface area contributed by atoms with Gasteiger partial charge < -0.3 is 30.3 Å². The first-order valence-corrected chi connectivity index (χ1v) is 13.0. The summed E-state index contributed by atoms with van der Waals surface area (Å²) < 4.78 is 35.7. The Morgan fingerprint density at radius 1 is 1.02 bits per heavy atom. The van der Waals surface area contributed by atoms with Crippen molar-refractivity contribution in [2.24, 2.45) is 0 Å². The molecule has 0 saturated heterocycles. The molecule has 3 N–H and O–H groups in total. The Hall–Kier alpha value is -4.67. The maximum atomic E-state index is 12.8. The van der Waals surface area contributed by atoms with Gasteiger partial charge in [0.2, 0.25) is 5.91 Å². The molecule has 216 valence electrons. The lowest BCUT2D eigenvalue weighted by molar-refractivity contribution is -0.128.